The van der Waals surface area contributed by atoms with Gasteiger partial charge in [0.2, 0.25) is 5.91 Å². The number of halogens is 2. The zero-order valence-corrected chi connectivity index (χ0v) is 12.9. The summed E-state index contributed by atoms with van der Waals surface area (Å²) in [5.74, 6) is 0.191. The normalized spacial score (nSPS) is 28.6. The Hall–Kier alpha value is -1.13. The van der Waals surface area contributed by atoms with Gasteiger partial charge >= 0.3 is 0 Å². The van der Waals surface area contributed by atoms with E-state index in [2.05, 4.69) is 10.2 Å². The predicted octanol–water partition coefficient (Wildman–Crippen LogP) is 2.97. The van der Waals surface area contributed by atoms with E-state index in [1.807, 2.05) is 7.05 Å². The molecule has 3 unspecified atom stereocenters. The highest BCUT2D eigenvalue weighted by Crippen LogP contribution is 2.40. The number of hydrogen-bond acceptors (Lipinski definition) is 2. The number of likely N-dealkylation sites (tertiary alicyclic amines) is 1. The predicted molar refractivity (Wildman–Crippen MR) is 80.6 cm³/mol. The maximum Gasteiger partial charge on any atom is 0.237 e. The first-order valence-electron chi connectivity index (χ1n) is 7.50. The van der Waals surface area contributed by atoms with Gasteiger partial charge in [-0.25, -0.2) is 4.39 Å². The Kier molecular flexibility index (Phi) is 4.18. The maximum absolute atomic E-state index is 13.8. The van der Waals surface area contributed by atoms with E-state index in [9.17, 15) is 9.18 Å². The van der Waals surface area contributed by atoms with E-state index in [4.69, 9.17) is 11.6 Å². The standard InChI is InChI=1S/C16H20ClFN2O/c1-20-13-7-3-4-10(13)8-14(20)16(21)19-9-11-5-2-6-12(17)15(11)18/h2,5-6,10,13-14H,3-4,7-9H2,1H3,(H,19,21). The molecule has 1 aliphatic heterocycles. The van der Waals surface area contributed by atoms with Gasteiger partial charge in [-0.2, -0.15) is 0 Å². The minimum Gasteiger partial charge on any atom is -0.351 e. The van der Waals surface area contributed by atoms with Crippen molar-refractivity contribution in [2.75, 3.05) is 7.05 Å². The molecule has 1 saturated carbocycles. The molecule has 21 heavy (non-hydrogen) atoms. The van der Waals surface area contributed by atoms with Crippen molar-refractivity contribution in [1.29, 1.82) is 0 Å². The molecule has 3 rings (SSSR count). The molecular weight excluding hydrogens is 291 g/mol. The fourth-order valence-corrected chi connectivity index (χ4v) is 3.98. The molecule has 1 heterocycles. The third kappa shape index (κ3) is 2.79. The molecular formula is C16H20ClFN2O. The van der Waals surface area contributed by atoms with Gasteiger partial charge in [0.1, 0.15) is 5.82 Å². The molecule has 1 aromatic carbocycles. The number of nitrogens with zero attached hydrogens (tertiary/aromatic N) is 1. The molecule has 5 heteroatoms. The van der Waals surface area contributed by atoms with E-state index in [0.29, 0.717) is 17.5 Å². The number of carbonyl (C=O) groups is 1. The smallest absolute Gasteiger partial charge is 0.237 e. The number of hydrogen-bond donors (Lipinski definition) is 1. The quantitative estimate of drug-likeness (QED) is 0.931. The summed E-state index contributed by atoms with van der Waals surface area (Å²) in [4.78, 5) is 14.5. The summed E-state index contributed by atoms with van der Waals surface area (Å²) in [6.45, 7) is 0.185. The van der Waals surface area contributed by atoms with Gasteiger partial charge in [-0.1, -0.05) is 30.2 Å². The molecule has 1 N–H and O–H groups in total. The van der Waals surface area contributed by atoms with E-state index in [0.717, 1.165) is 6.42 Å². The largest absolute Gasteiger partial charge is 0.351 e. The van der Waals surface area contributed by atoms with Gasteiger partial charge in [0.05, 0.1) is 11.1 Å². The number of nitrogens with one attached hydrogen (secondary N) is 1. The lowest BCUT2D eigenvalue weighted by Crippen LogP contribution is -2.43. The highest BCUT2D eigenvalue weighted by Gasteiger charge is 2.44. The lowest BCUT2D eigenvalue weighted by Gasteiger charge is -2.24. The first kappa shape index (κ1) is 14.8. The Labute approximate surface area is 129 Å². The van der Waals surface area contributed by atoms with E-state index >= 15 is 0 Å². The molecule has 3 nitrogen and oxygen atoms in total. The van der Waals surface area contributed by atoms with Gasteiger partial charge in [0.25, 0.3) is 0 Å². The molecule has 2 aliphatic rings. The highest BCUT2D eigenvalue weighted by molar-refractivity contribution is 6.30. The third-order valence-electron chi connectivity index (χ3n) is 4.95. The van der Waals surface area contributed by atoms with Crippen LogP contribution in [0.3, 0.4) is 0 Å². The van der Waals surface area contributed by atoms with Crippen LogP contribution in [0.15, 0.2) is 18.2 Å². The van der Waals surface area contributed by atoms with Crippen molar-refractivity contribution in [2.45, 2.75) is 44.3 Å². The Bertz CT molecular complexity index is 551. The third-order valence-corrected chi connectivity index (χ3v) is 5.24. The average Bonchev–Trinajstić information content (AvgIpc) is 3.04. The van der Waals surface area contributed by atoms with Crippen molar-refractivity contribution in [3.8, 4) is 0 Å². The summed E-state index contributed by atoms with van der Waals surface area (Å²) in [6, 6.07) is 5.31. The Morgan fingerprint density at radius 3 is 3.05 bits per heavy atom. The van der Waals surface area contributed by atoms with Crippen LogP contribution in [0, 0.1) is 11.7 Å². The number of fused-ring (bicyclic) bond motifs is 1. The van der Waals surface area contributed by atoms with E-state index < -0.39 is 5.82 Å². The monoisotopic (exact) mass is 310 g/mol. The van der Waals surface area contributed by atoms with Crippen molar-refractivity contribution < 1.29 is 9.18 Å². The summed E-state index contributed by atoms with van der Waals surface area (Å²) >= 11 is 5.75. The second-order valence-electron chi connectivity index (χ2n) is 6.11. The van der Waals surface area contributed by atoms with Crippen LogP contribution in [0.5, 0.6) is 0 Å². The minimum absolute atomic E-state index is 0.00808. The van der Waals surface area contributed by atoms with Crippen LogP contribution in [0.4, 0.5) is 4.39 Å². The number of amides is 1. The van der Waals surface area contributed by atoms with E-state index in [1.54, 1.807) is 12.1 Å². The van der Waals surface area contributed by atoms with Gasteiger partial charge < -0.3 is 5.32 Å². The van der Waals surface area contributed by atoms with Crippen molar-refractivity contribution in [2.24, 2.45) is 5.92 Å². The second-order valence-corrected chi connectivity index (χ2v) is 6.51. The summed E-state index contributed by atoms with van der Waals surface area (Å²) in [6.07, 6.45) is 4.60. The van der Waals surface area contributed by atoms with Crippen LogP contribution >= 0.6 is 11.6 Å². The molecule has 114 valence electrons. The fourth-order valence-electron chi connectivity index (χ4n) is 3.79. The van der Waals surface area contributed by atoms with Gasteiger partial charge in [0.15, 0.2) is 0 Å². The van der Waals surface area contributed by atoms with Crippen LogP contribution in [0.1, 0.15) is 31.2 Å². The fraction of sp³-hybridized carbons (Fsp3) is 0.562. The van der Waals surface area contributed by atoms with Crippen molar-refractivity contribution in [3.05, 3.63) is 34.6 Å². The Balaban J connectivity index is 1.61. The van der Waals surface area contributed by atoms with E-state index in [1.165, 1.54) is 25.3 Å². The van der Waals surface area contributed by atoms with Crippen molar-refractivity contribution in [3.63, 3.8) is 0 Å². The zero-order valence-electron chi connectivity index (χ0n) is 12.1. The first-order valence-corrected chi connectivity index (χ1v) is 7.88. The Morgan fingerprint density at radius 1 is 1.48 bits per heavy atom. The zero-order chi connectivity index (χ0) is 15.0. The average molecular weight is 311 g/mol. The van der Waals surface area contributed by atoms with E-state index in [-0.39, 0.29) is 23.5 Å². The van der Waals surface area contributed by atoms with Crippen LogP contribution in [-0.4, -0.2) is 29.9 Å². The van der Waals surface area contributed by atoms with Gasteiger partial charge in [0, 0.05) is 18.2 Å². The van der Waals surface area contributed by atoms with Crippen LogP contribution in [-0.2, 0) is 11.3 Å². The molecule has 0 radical (unpaired) electrons. The summed E-state index contributed by atoms with van der Waals surface area (Å²) in [5, 5.41) is 2.94. The lowest BCUT2D eigenvalue weighted by molar-refractivity contribution is -0.125. The number of likely N-dealkylation sites (N-methyl/N-ethyl adjacent to an activating group) is 1. The SMILES string of the molecule is CN1C(C(=O)NCc2cccc(Cl)c2F)CC2CCCC21. The molecule has 0 bridgehead atoms. The molecule has 0 spiro atoms. The van der Waals surface area contributed by atoms with Gasteiger partial charge in [-0.15, -0.1) is 0 Å². The number of carbonyl (C=O) groups excluding carboxylic acids is 1. The van der Waals surface area contributed by atoms with Crippen LogP contribution in [0.2, 0.25) is 5.02 Å². The molecule has 2 fully saturated rings. The van der Waals surface area contributed by atoms with Gasteiger partial charge in [-0.05, 0) is 38.3 Å². The second kappa shape index (κ2) is 5.93. The molecule has 0 aromatic heterocycles. The molecule has 1 amide bonds. The topological polar surface area (TPSA) is 32.3 Å². The number of rotatable bonds is 3. The molecule has 1 saturated heterocycles. The van der Waals surface area contributed by atoms with Crippen LogP contribution < -0.4 is 5.32 Å². The maximum atomic E-state index is 13.8. The summed E-state index contributed by atoms with van der Waals surface area (Å²) < 4.78 is 13.8. The van der Waals surface area contributed by atoms with Gasteiger partial charge in [-0.3, -0.25) is 9.69 Å². The molecule has 1 aliphatic carbocycles. The molecule has 1 aromatic rings. The molecule has 3 atom stereocenters. The van der Waals surface area contributed by atoms with Crippen molar-refractivity contribution >= 4 is 17.5 Å². The Morgan fingerprint density at radius 2 is 2.29 bits per heavy atom. The highest BCUT2D eigenvalue weighted by atomic mass is 35.5. The number of benzene rings is 1. The summed E-state index contributed by atoms with van der Waals surface area (Å²) in [7, 11) is 2.03. The summed E-state index contributed by atoms with van der Waals surface area (Å²) in [5.41, 5.74) is 0.427. The minimum atomic E-state index is -0.448. The first-order chi connectivity index (χ1) is 10.1. The van der Waals surface area contributed by atoms with Crippen molar-refractivity contribution in [1.82, 2.24) is 10.2 Å². The van der Waals surface area contributed by atoms with Crippen LogP contribution in [0.25, 0.3) is 0 Å². The lowest BCUT2D eigenvalue weighted by atomic mass is 10.0.